The summed E-state index contributed by atoms with van der Waals surface area (Å²) < 4.78 is 60.8. The highest BCUT2D eigenvalue weighted by molar-refractivity contribution is 7.91. The Kier molecular flexibility index (Phi) is 11.0. The molecule has 3 aromatic carbocycles. The molecule has 47 heavy (non-hydrogen) atoms. The summed E-state index contributed by atoms with van der Waals surface area (Å²) in [6.07, 6.45) is 4.11. The second-order valence-corrected chi connectivity index (χ2v) is 15.0. The average Bonchev–Trinajstić information content (AvgIpc) is 3.40. The maximum Gasteiger partial charge on any atom is 0.326 e. The lowest BCUT2D eigenvalue weighted by Gasteiger charge is -2.31. The van der Waals surface area contributed by atoms with E-state index in [1.807, 2.05) is 11.6 Å². The number of aliphatic carboxylic acids is 1. The number of carboxylic acids is 1. The molecule has 1 amide bonds. The lowest BCUT2D eigenvalue weighted by atomic mass is 9.87. The molecule has 3 atom stereocenters. The number of amides is 1. The van der Waals surface area contributed by atoms with Gasteiger partial charge in [0.1, 0.15) is 17.7 Å². The average molecular weight is 668 g/mol. The Bertz CT molecular complexity index is 1820. The van der Waals surface area contributed by atoms with Crippen LogP contribution in [0.5, 0.6) is 0 Å². The summed E-state index contributed by atoms with van der Waals surface area (Å²) in [7, 11) is -1.79. The van der Waals surface area contributed by atoms with E-state index in [1.54, 1.807) is 57.6 Å². The number of hydrogen-bond donors (Lipinski definition) is 2. The van der Waals surface area contributed by atoms with Crippen molar-refractivity contribution in [1.82, 2.24) is 14.9 Å². The molecule has 0 aliphatic carbocycles. The third-order valence-electron chi connectivity index (χ3n) is 8.02. The van der Waals surface area contributed by atoms with E-state index in [9.17, 15) is 31.9 Å². The van der Waals surface area contributed by atoms with E-state index >= 15 is 0 Å². The van der Waals surface area contributed by atoms with Gasteiger partial charge in [-0.15, -0.1) is 0 Å². The number of imidazole rings is 1. The van der Waals surface area contributed by atoms with E-state index in [1.165, 1.54) is 42.5 Å². The van der Waals surface area contributed by atoms with Crippen molar-refractivity contribution >= 4 is 21.7 Å². The lowest BCUT2D eigenvalue weighted by Crippen LogP contribution is -2.47. The zero-order valence-electron chi connectivity index (χ0n) is 26.9. The number of rotatable bonds is 13. The zero-order valence-corrected chi connectivity index (χ0v) is 27.7. The van der Waals surface area contributed by atoms with Crippen LogP contribution in [-0.4, -0.2) is 52.5 Å². The molecule has 0 aliphatic heterocycles. The Morgan fingerprint density at radius 3 is 2.15 bits per heavy atom. The van der Waals surface area contributed by atoms with Crippen LogP contribution in [0.25, 0.3) is 11.1 Å². The minimum absolute atomic E-state index is 0.0926. The van der Waals surface area contributed by atoms with Gasteiger partial charge in [0.15, 0.2) is 9.84 Å². The summed E-state index contributed by atoms with van der Waals surface area (Å²) in [5.74, 6) is -2.95. The van der Waals surface area contributed by atoms with Gasteiger partial charge >= 0.3 is 5.97 Å². The third-order valence-corrected chi connectivity index (χ3v) is 9.96. The van der Waals surface area contributed by atoms with Crippen LogP contribution in [0, 0.1) is 17.0 Å². The van der Waals surface area contributed by atoms with Crippen LogP contribution >= 0.6 is 0 Å². The van der Waals surface area contributed by atoms with Crippen LogP contribution in [0.1, 0.15) is 60.5 Å². The smallest absolute Gasteiger partial charge is 0.326 e. The molecule has 9 nitrogen and oxygen atoms in total. The first-order valence-corrected chi connectivity index (χ1v) is 16.9. The molecule has 0 fully saturated rings. The fourth-order valence-corrected chi connectivity index (χ4v) is 7.33. The summed E-state index contributed by atoms with van der Waals surface area (Å²) in [5, 5.41) is 11.4. The standard InChI is InChI=1S/C35H39F2N3O6S/c1-35(2,3)32(47(5,44)45)18-30(34(42)43)39-33(41)28-15-6-22(16-29(28)23-7-11-25(36)12-8-23)20-46-31(17-27-19-38-21-40(27)4)24-9-13-26(37)14-10-24/h6-16,19,21,30-32H,17-18,20H2,1-5H3,(H,39,41)(H,42,43)/t30-,31?,32?/m0/s1. The number of benzene rings is 3. The quantitative estimate of drug-likeness (QED) is 0.182. The second kappa shape index (κ2) is 14.6. The summed E-state index contributed by atoms with van der Waals surface area (Å²) in [6.45, 7) is 5.19. The Balaban J connectivity index is 1.65. The molecule has 250 valence electrons. The Morgan fingerprint density at radius 1 is 1.00 bits per heavy atom. The fraction of sp³-hybridized carbons (Fsp3) is 0.343. The van der Waals surface area contributed by atoms with Crippen molar-refractivity contribution in [1.29, 1.82) is 0 Å². The van der Waals surface area contributed by atoms with E-state index in [2.05, 4.69) is 10.3 Å². The van der Waals surface area contributed by atoms with E-state index in [0.717, 1.165) is 17.5 Å². The van der Waals surface area contributed by atoms with Crippen LogP contribution in [0.15, 0.2) is 79.3 Å². The van der Waals surface area contributed by atoms with E-state index in [0.29, 0.717) is 23.1 Å². The largest absolute Gasteiger partial charge is 0.480 e. The molecule has 2 N–H and O–H groups in total. The number of aryl methyl sites for hydroxylation is 1. The van der Waals surface area contributed by atoms with Crippen molar-refractivity contribution in [3.05, 3.63) is 113 Å². The van der Waals surface area contributed by atoms with Gasteiger partial charge in [-0.25, -0.2) is 27.0 Å². The molecule has 0 saturated carbocycles. The van der Waals surface area contributed by atoms with Crippen molar-refractivity contribution < 1.29 is 36.6 Å². The van der Waals surface area contributed by atoms with Gasteiger partial charge in [-0.3, -0.25) is 4.79 Å². The van der Waals surface area contributed by atoms with E-state index < -0.39 is 50.3 Å². The van der Waals surface area contributed by atoms with Crippen molar-refractivity contribution in [2.24, 2.45) is 12.5 Å². The summed E-state index contributed by atoms with van der Waals surface area (Å²) in [4.78, 5) is 30.0. The molecule has 1 aromatic heterocycles. The predicted octanol–water partition coefficient (Wildman–Crippen LogP) is 5.90. The fourth-order valence-electron chi connectivity index (χ4n) is 5.51. The van der Waals surface area contributed by atoms with Gasteiger partial charge in [0.05, 0.1) is 24.3 Å². The Labute approximate surface area is 273 Å². The van der Waals surface area contributed by atoms with Gasteiger partial charge < -0.3 is 19.7 Å². The first-order chi connectivity index (χ1) is 22.0. The Hall–Kier alpha value is -4.42. The lowest BCUT2D eigenvalue weighted by molar-refractivity contribution is -0.139. The van der Waals surface area contributed by atoms with Crippen LogP contribution < -0.4 is 5.32 Å². The maximum absolute atomic E-state index is 13.9. The SMILES string of the molecule is Cn1cncc1CC(OCc1ccc(C(=O)N[C@@H](CC(C(C)(C)C)S(C)(=O)=O)C(=O)O)c(-c2ccc(F)cc2)c1)c1ccc(F)cc1. The summed E-state index contributed by atoms with van der Waals surface area (Å²) in [5.41, 5.74) is 2.55. The topological polar surface area (TPSA) is 128 Å². The van der Waals surface area contributed by atoms with E-state index in [4.69, 9.17) is 4.74 Å². The molecule has 0 bridgehead atoms. The molecule has 2 unspecified atom stereocenters. The first-order valence-electron chi connectivity index (χ1n) is 15.0. The zero-order chi connectivity index (χ0) is 34.5. The summed E-state index contributed by atoms with van der Waals surface area (Å²) in [6, 6.07) is 14.9. The molecule has 0 spiro atoms. The number of nitrogens with one attached hydrogen (secondary N) is 1. The molecule has 4 rings (SSSR count). The number of sulfone groups is 1. The number of carbonyl (C=O) groups is 2. The molecule has 1 heterocycles. The molecular formula is C35H39F2N3O6S. The molecule has 4 aromatic rings. The predicted molar refractivity (Wildman–Crippen MR) is 174 cm³/mol. The third kappa shape index (κ3) is 9.32. The van der Waals surface area contributed by atoms with Gasteiger partial charge in [0.2, 0.25) is 0 Å². The highest BCUT2D eigenvalue weighted by Gasteiger charge is 2.38. The normalized spacial score (nSPS) is 13.9. The second-order valence-electron chi connectivity index (χ2n) is 12.7. The van der Waals surface area contributed by atoms with Crippen LogP contribution in [0.3, 0.4) is 0 Å². The first kappa shape index (κ1) is 35.4. The van der Waals surface area contributed by atoms with Crippen LogP contribution in [0.2, 0.25) is 0 Å². The minimum atomic E-state index is -3.65. The van der Waals surface area contributed by atoms with Crippen molar-refractivity contribution in [3.8, 4) is 11.1 Å². The van der Waals surface area contributed by atoms with Gasteiger partial charge in [-0.1, -0.05) is 51.1 Å². The highest BCUT2D eigenvalue weighted by atomic mass is 32.2. The Morgan fingerprint density at radius 2 is 1.62 bits per heavy atom. The van der Waals surface area contributed by atoms with Gasteiger partial charge in [-0.2, -0.15) is 0 Å². The maximum atomic E-state index is 13.9. The van der Waals surface area contributed by atoms with Gasteiger partial charge in [0, 0.05) is 37.2 Å². The number of nitrogens with zero attached hydrogens (tertiary/aromatic N) is 2. The van der Waals surface area contributed by atoms with Crippen LogP contribution in [0.4, 0.5) is 8.78 Å². The van der Waals surface area contributed by atoms with Crippen molar-refractivity contribution in [2.45, 2.75) is 57.6 Å². The highest BCUT2D eigenvalue weighted by Crippen LogP contribution is 2.31. The number of carboxylic acid groups (broad SMARTS) is 1. The number of hydrogen-bond acceptors (Lipinski definition) is 6. The number of carbonyl (C=O) groups excluding carboxylic acids is 1. The number of halogens is 2. The number of ether oxygens (including phenoxy) is 1. The van der Waals surface area contributed by atoms with Crippen LogP contribution in [-0.2, 0) is 39.4 Å². The monoisotopic (exact) mass is 667 g/mol. The molecule has 0 radical (unpaired) electrons. The molecular weight excluding hydrogens is 628 g/mol. The minimum Gasteiger partial charge on any atom is -0.480 e. The molecule has 12 heteroatoms. The van der Waals surface area contributed by atoms with Gasteiger partial charge in [-0.05, 0) is 70.5 Å². The van der Waals surface area contributed by atoms with E-state index in [-0.39, 0.29) is 24.4 Å². The molecule has 0 aliphatic rings. The number of aromatic nitrogens is 2. The van der Waals surface area contributed by atoms with Crippen molar-refractivity contribution in [3.63, 3.8) is 0 Å². The summed E-state index contributed by atoms with van der Waals surface area (Å²) >= 11 is 0. The van der Waals surface area contributed by atoms with Gasteiger partial charge in [0.25, 0.3) is 5.91 Å². The molecule has 0 saturated heterocycles. The van der Waals surface area contributed by atoms with Crippen molar-refractivity contribution in [2.75, 3.05) is 6.26 Å².